The van der Waals surface area contributed by atoms with Crippen molar-refractivity contribution < 1.29 is 22.4 Å². The number of methoxy groups -OCH3 is 1. The number of fused-ring (bicyclic) bond motifs is 1. The van der Waals surface area contributed by atoms with Gasteiger partial charge in [0.05, 0.1) is 12.8 Å². The van der Waals surface area contributed by atoms with Crippen molar-refractivity contribution in [3.8, 4) is 5.75 Å². The van der Waals surface area contributed by atoms with Crippen molar-refractivity contribution in [2.24, 2.45) is 0 Å². The molecule has 0 N–H and O–H groups in total. The summed E-state index contributed by atoms with van der Waals surface area (Å²) in [6.07, 6.45) is 2.51. The van der Waals surface area contributed by atoms with Crippen LogP contribution in [-0.4, -0.2) is 34.2 Å². The van der Waals surface area contributed by atoms with E-state index in [1.165, 1.54) is 24.1 Å². The summed E-state index contributed by atoms with van der Waals surface area (Å²) in [5.74, 6) is 0.0778. The number of carbonyl (C=O) groups is 1. The van der Waals surface area contributed by atoms with Crippen molar-refractivity contribution in [1.29, 1.82) is 0 Å². The second kappa shape index (κ2) is 6.14. The van der Waals surface area contributed by atoms with Crippen molar-refractivity contribution in [2.75, 3.05) is 24.8 Å². The average Bonchev–Trinajstić information content (AvgIpc) is 3.04. The fraction of sp³-hybridized carbons (Fsp3) is 0.312. The molecule has 2 aromatic rings. The molecule has 1 aromatic heterocycles. The zero-order valence-corrected chi connectivity index (χ0v) is 14.8. The van der Waals surface area contributed by atoms with Crippen LogP contribution in [0.5, 0.6) is 5.75 Å². The van der Waals surface area contributed by atoms with Crippen LogP contribution in [0.4, 0.5) is 5.69 Å². The third-order valence-corrected chi connectivity index (χ3v) is 5.19. The van der Waals surface area contributed by atoms with Crippen molar-refractivity contribution >= 4 is 33.0 Å². The smallest absolute Gasteiger partial charge is 0.294 e. The summed E-state index contributed by atoms with van der Waals surface area (Å²) in [4.78, 5) is 14.3. The van der Waals surface area contributed by atoms with E-state index in [2.05, 4.69) is 0 Å². The molecule has 0 saturated carbocycles. The van der Waals surface area contributed by atoms with Gasteiger partial charge >= 0.3 is 0 Å². The number of furan rings is 1. The first-order valence-electron chi connectivity index (χ1n) is 7.30. The predicted octanol–water partition coefficient (Wildman–Crippen LogP) is 2.94. The van der Waals surface area contributed by atoms with Gasteiger partial charge in [0.2, 0.25) is 14.9 Å². The molecule has 1 aliphatic rings. The van der Waals surface area contributed by atoms with Crippen LogP contribution in [0.3, 0.4) is 0 Å². The topological polar surface area (TPSA) is 76.8 Å². The molecular formula is C16H16ClNO5S. The van der Waals surface area contributed by atoms with E-state index >= 15 is 0 Å². The maximum atomic E-state index is 12.8. The van der Waals surface area contributed by atoms with E-state index in [-0.39, 0.29) is 10.9 Å². The fourth-order valence-corrected chi connectivity index (χ4v) is 3.59. The highest BCUT2D eigenvalue weighted by atomic mass is 35.5. The number of anilines is 1. The molecule has 2 heterocycles. The maximum Gasteiger partial charge on any atom is 0.294 e. The van der Waals surface area contributed by atoms with Gasteiger partial charge in [0.25, 0.3) is 5.91 Å². The Morgan fingerprint density at radius 3 is 2.67 bits per heavy atom. The third kappa shape index (κ3) is 2.89. The SMILES string of the molecule is COc1ccc(Cl)c2c1N(C(=O)c1ccc(S(C)(=O)=O)o1)CCC2. The molecule has 0 spiro atoms. The first kappa shape index (κ1) is 16.9. The highest BCUT2D eigenvalue weighted by molar-refractivity contribution is 7.90. The van der Waals surface area contributed by atoms with Crippen molar-refractivity contribution in [3.63, 3.8) is 0 Å². The second-order valence-corrected chi connectivity index (χ2v) is 7.88. The Morgan fingerprint density at radius 2 is 2.04 bits per heavy atom. The third-order valence-electron chi connectivity index (χ3n) is 3.89. The molecule has 0 unspecified atom stereocenters. The largest absolute Gasteiger partial charge is 0.495 e. The molecule has 1 amide bonds. The lowest BCUT2D eigenvalue weighted by Crippen LogP contribution is -2.35. The number of amides is 1. The molecule has 1 aliphatic heterocycles. The molecule has 8 heteroatoms. The van der Waals surface area contributed by atoms with E-state index < -0.39 is 15.7 Å². The monoisotopic (exact) mass is 369 g/mol. The number of ether oxygens (including phenoxy) is 1. The number of hydrogen-bond acceptors (Lipinski definition) is 5. The molecule has 1 aromatic carbocycles. The molecule has 0 saturated heterocycles. The summed E-state index contributed by atoms with van der Waals surface area (Å²) in [6, 6.07) is 6.09. The molecule has 24 heavy (non-hydrogen) atoms. The molecular weight excluding hydrogens is 354 g/mol. The highest BCUT2D eigenvalue weighted by Gasteiger charge is 2.30. The Bertz CT molecular complexity index is 903. The summed E-state index contributed by atoms with van der Waals surface area (Å²) >= 11 is 6.25. The van der Waals surface area contributed by atoms with E-state index in [4.69, 9.17) is 20.8 Å². The molecule has 0 bridgehead atoms. The highest BCUT2D eigenvalue weighted by Crippen LogP contribution is 2.41. The van der Waals surface area contributed by atoms with Crippen LogP contribution >= 0.6 is 11.6 Å². The Morgan fingerprint density at radius 1 is 1.29 bits per heavy atom. The molecule has 0 aliphatic carbocycles. The van der Waals surface area contributed by atoms with Gasteiger partial charge in [-0.05, 0) is 42.7 Å². The Hall–Kier alpha value is -1.99. The van der Waals surface area contributed by atoms with Gasteiger partial charge in [-0.3, -0.25) is 4.79 Å². The van der Waals surface area contributed by atoms with Crippen LogP contribution < -0.4 is 9.64 Å². The summed E-state index contributed by atoms with van der Waals surface area (Å²) in [7, 11) is -1.99. The van der Waals surface area contributed by atoms with Crippen LogP contribution in [0.25, 0.3) is 0 Å². The van der Waals surface area contributed by atoms with Gasteiger partial charge in [0.15, 0.2) is 5.76 Å². The van der Waals surface area contributed by atoms with Gasteiger partial charge in [-0.1, -0.05) is 11.6 Å². The number of carbonyl (C=O) groups excluding carboxylic acids is 1. The van der Waals surface area contributed by atoms with E-state index in [0.29, 0.717) is 23.0 Å². The Labute approximate surface area is 144 Å². The maximum absolute atomic E-state index is 12.8. The van der Waals surface area contributed by atoms with Crippen LogP contribution in [0.2, 0.25) is 5.02 Å². The van der Waals surface area contributed by atoms with Gasteiger partial charge in [-0.25, -0.2) is 8.42 Å². The molecule has 0 atom stereocenters. The summed E-state index contributed by atoms with van der Waals surface area (Å²) < 4.78 is 33.7. The lowest BCUT2D eigenvalue weighted by Gasteiger charge is -2.30. The zero-order chi connectivity index (χ0) is 17.5. The van der Waals surface area contributed by atoms with Gasteiger partial charge in [0.1, 0.15) is 5.75 Å². The summed E-state index contributed by atoms with van der Waals surface area (Å²) in [5, 5.41) is 0.334. The van der Waals surface area contributed by atoms with Crippen molar-refractivity contribution in [2.45, 2.75) is 17.9 Å². The van der Waals surface area contributed by atoms with Crippen LogP contribution in [0, 0.1) is 0 Å². The van der Waals surface area contributed by atoms with Gasteiger partial charge in [0, 0.05) is 17.8 Å². The standard InChI is InChI=1S/C16H16ClNO5S/c1-22-12-6-5-11(17)10-4-3-9-18(15(10)12)16(19)13-7-8-14(23-13)24(2,20)21/h5-8H,3-4,9H2,1-2H3. The predicted molar refractivity (Wildman–Crippen MR) is 89.8 cm³/mol. The normalized spacial score (nSPS) is 14.4. The molecule has 128 valence electrons. The molecule has 3 rings (SSSR count). The summed E-state index contributed by atoms with van der Waals surface area (Å²) in [6.45, 7) is 0.470. The van der Waals surface area contributed by atoms with E-state index in [0.717, 1.165) is 24.7 Å². The van der Waals surface area contributed by atoms with Gasteiger partial charge in [-0.2, -0.15) is 0 Å². The van der Waals surface area contributed by atoms with E-state index in [1.807, 2.05) is 0 Å². The lowest BCUT2D eigenvalue weighted by molar-refractivity contribution is 0.0952. The average molecular weight is 370 g/mol. The Balaban J connectivity index is 2.05. The van der Waals surface area contributed by atoms with Crippen molar-refractivity contribution in [1.82, 2.24) is 0 Å². The van der Waals surface area contributed by atoms with Gasteiger partial charge in [-0.15, -0.1) is 0 Å². The minimum absolute atomic E-state index is 0.0368. The molecule has 0 fully saturated rings. The van der Waals surface area contributed by atoms with E-state index in [9.17, 15) is 13.2 Å². The summed E-state index contributed by atoms with van der Waals surface area (Å²) in [5.41, 5.74) is 1.45. The fourth-order valence-electron chi connectivity index (χ4n) is 2.78. The van der Waals surface area contributed by atoms with Crippen molar-refractivity contribution in [3.05, 3.63) is 40.6 Å². The van der Waals surface area contributed by atoms with E-state index in [1.54, 1.807) is 12.1 Å². The number of rotatable bonds is 3. The molecule has 0 radical (unpaired) electrons. The van der Waals surface area contributed by atoms with Crippen LogP contribution in [-0.2, 0) is 16.3 Å². The first-order valence-corrected chi connectivity index (χ1v) is 9.57. The van der Waals surface area contributed by atoms with Gasteiger partial charge < -0.3 is 14.1 Å². The number of sulfone groups is 1. The first-order chi connectivity index (χ1) is 11.3. The lowest BCUT2D eigenvalue weighted by atomic mass is 10.0. The Kier molecular flexibility index (Phi) is 4.31. The zero-order valence-electron chi connectivity index (χ0n) is 13.2. The number of halogens is 1. The number of nitrogens with zero attached hydrogens (tertiary/aromatic N) is 1. The minimum Gasteiger partial charge on any atom is -0.495 e. The van der Waals surface area contributed by atoms with Crippen LogP contribution in [0.15, 0.2) is 33.8 Å². The quantitative estimate of drug-likeness (QED) is 0.831. The minimum atomic E-state index is -3.51. The number of hydrogen-bond donors (Lipinski definition) is 0. The number of benzene rings is 1. The van der Waals surface area contributed by atoms with Crippen LogP contribution in [0.1, 0.15) is 22.5 Å². The molecule has 6 nitrogen and oxygen atoms in total. The second-order valence-electron chi connectivity index (χ2n) is 5.53.